The first-order valence-electron chi connectivity index (χ1n) is 27.7. The third kappa shape index (κ3) is 11.0. The molecule has 7 fully saturated rings. The Morgan fingerprint density at radius 2 is 1.33 bits per heavy atom. The maximum Gasteiger partial charge on any atom is 0.187 e. The summed E-state index contributed by atoms with van der Waals surface area (Å²) in [5.41, 5.74) is -2.07. The van der Waals surface area contributed by atoms with Crippen LogP contribution in [-0.2, 0) is 42.7 Å². The third-order valence-electron chi connectivity index (χ3n) is 20.1. The average molecular weight is 1090 g/mol. The van der Waals surface area contributed by atoms with Gasteiger partial charge in [0, 0.05) is 36.5 Å². The molecule has 4 heterocycles. The van der Waals surface area contributed by atoms with E-state index in [0.717, 1.165) is 12.8 Å². The Bertz CT molecular complexity index is 2050. The summed E-state index contributed by atoms with van der Waals surface area (Å²) < 4.78 is 48.7. The molecule has 8 rings (SSSR count). The Balaban J connectivity index is 0.975. The maximum atomic E-state index is 15.2. The number of rotatable bonds is 17. The average Bonchev–Trinajstić information content (AvgIpc) is 3.84. The van der Waals surface area contributed by atoms with Crippen LogP contribution in [0.1, 0.15) is 126 Å². The number of carbonyl (C=O) groups excluding carboxylic acids is 1. The van der Waals surface area contributed by atoms with Crippen LogP contribution < -0.4 is 0 Å². The highest BCUT2D eigenvalue weighted by Crippen LogP contribution is 2.74. The summed E-state index contributed by atoms with van der Waals surface area (Å²) in [7, 11) is 0. The van der Waals surface area contributed by atoms with Gasteiger partial charge in [0.2, 0.25) is 0 Å². The lowest BCUT2D eigenvalue weighted by Crippen LogP contribution is -2.63. The number of carbonyl (C=O) groups is 1. The van der Waals surface area contributed by atoms with Crippen molar-refractivity contribution in [2.45, 2.75) is 248 Å². The van der Waals surface area contributed by atoms with E-state index in [2.05, 4.69) is 54.2 Å². The quantitative estimate of drug-likeness (QED) is 0.0718. The zero-order chi connectivity index (χ0) is 55.8. The van der Waals surface area contributed by atoms with E-state index in [4.69, 9.17) is 37.9 Å². The van der Waals surface area contributed by atoms with Gasteiger partial charge in [-0.25, -0.2) is 0 Å². The highest BCUT2D eigenvalue weighted by Gasteiger charge is 2.70. The van der Waals surface area contributed by atoms with Crippen molar-refractivity contribution in [2.24, 2.45) is 45.3 Å². The lowest BCUT2D eigenvalue weighted by atomic mass is 9.38. The van der Waals surface area contributed by atoms with Gasteiger partial charge in [-0.3, -0.25) is 4.79 Å². The molecule has 0 bridgehead atoms. The Morgan fingerprint density at radius 1 is 0.737 bits per heavy atom. The lowest BCUT2D eigenvalue weighted by molar-refractivity contribution is -0.360. The molecule has 0 radical (unpaired) electrons. The summed E-state index contributed by atoms with van der Waals surface area (Å²) in [5.74, 6) is -0.147. The summed E-state index contributed by atoms with van der Waals surface area (Å²) in [4.78, 5) is 15.2. The second-order valence-corrected chi connectivity index (χ2v) is 25.6. The van der Waals surface area contributed by atoms with Crippen LogP contribution >= 0.6 is 0 Å². The summed E-state index contributed by atoms with van der Waals surface area (Å²) in [5, 5.41) is 128. The van der Waals surface area contributed by atoms with Gasteiger partial charge >= 0.3 is 0 Å². The summed E-state index contributed by atoms with van der Waals surface area (Å²) >= 11 is 0. The molecule has 4 aliphatic carbocycles. The van der Waals surface area contributed by atoms with Gasteiger partial charge in [0.05, 0.1) is 74.3 Å². The minimum atomic E-state index is -1.77. The summed E-state index contributed by atoms with van der Waals surface area (Å²) in [6.07, 6.45) is -17.0. The van der Waals surface area contributed by atoms with E-state index < -0.39 is 139 Å². The Hall–Kier alpha value is -1.81. The first kappa shape index (κ1) is 60.3. The van der Waals surface area contributed by atoms with Gasteiger partial charge in [-0.05, 0) is 93.3 Å². The molecule has 76 heavy (non-hydrogen) atoms. The molecular weight excluding hydrogens is 997 g/mol. The van der Waals surface area contributed by atoms with Gasteiger partial charge < -0.3 is 99.2 Å². The van der Waals surface area contributed by atoms with Crippen LogP contribution in [0.15, 0.2) is 24.0 Å². The van der Waals surface area contributed by atoms with Crippen molar-refractivity contribution in [2.75, 3.05) is 19.8 Å². The summed E-state index contributed by atoms with van der Waals surface area (Å²) in [6.45, 7) is 18.6. The topological polar surface area (TPSA) is 334 Å². The molecule has 8 aliphatic rings. The van der Waals surface area contributed by atoms with Crippen LogP contribution in [0.3, 0.4) is 0 Å². The monoisotopic (exact) mass is 1090 g/mol. The second-order valence-electron chi connectivity index (χ2n) is 25.6. The number of aliphatic hydroxyl groups is 12. The molecule has 0 aromatic carbocycles. The number of ketones is 1. The fourth-order valence-corrected chi connectivity index (χ4v) is 15.3. The minimum Gasteiger partial charge on any atom is -0.510 e. The predicted molar refractivity (Wildman–Crippen MR) is 267 cm³/mol. The number of ether oxygens (including phenoxy) is 8. The smallest absolute Gasteiger partial charge is 0.187 e. The number of hydrogen-bond acceptors (Lipinski definition) is 21. The standard InChI is InChI=1S/C55H90O21/c1-25(30-16-17-53(7)36-13-11-31-32(55(36,9)37(62)21-54(30,53)8)12-15-38(51(31,3)4)73-48-40(63)33(59)18-27(22-56)70-48)10-14-39(52(5,6)68)74-50-46(76-49-41(64)34(60)19-28(23-57)71-49)35(61)20-29(72-50)24-69-47-44(67)42(65)43(66)45(75-47)26(2)58/h11,25,27-30,32-36,38-50,56-61,63-68H,2,10,12-24H2,1,3-9H3/t25-,27+,28?,29+,30?,32?,33+,34+,35+,36?,38+,39-,40-,41-,42+,43+,44-,45-,46?,47+,48+,49+,50+,53+,54-,55+/m1/s1. The predicted octanol–water partition coefficient (Wildman–Crippen LogP) is 1.14. The zero-order valence-corrected chi connectivity index (χ0v) is 45.5. The molecule has 0 aromatic rings. The van der Waals surface area contributed by atoms with Crippen molar-refractivity contribution >= 4 is 5.78 Å². The van der Waals surface area contributed by atoms with Gasteiger partial charge in [-0.2, -0.15) is 0 Å². The number of fused-ring (bicyclic) bond motifs is 5. The summed E-state index contributed by atoms with van der Waals surface area (Å²) in [6, 6.07) is 0. The number of hydrogen-bond donors (Lipinski definition) is 12. The van der Waals surface area contributed by atoms with Crippen LogP contribution in [0.4, 0.5) is 0 Å². The van der Waals surface area contributed by atoms with Crippen LogP contribution in [0.5, 0.6) is 0 Å². The molecule has 5 unspecified atom stereocenters. The largest absolute Gasteiger partial charge is 0.510 e. The van der Waals surface area contributed by atoms with Gasteiger partial charge in [-0.15, -0.1) is 0 Å². The third-order valence-corrected chi connectivity index (χ3v) is 20.1. The molecule has 0 spiro atoms. The van der Waals surface area contributed by atoms with Crippen molar-refractivity contribution in [3.63, 3.8) is 0 Å². The number of Topliss-reactive ketones (excluding diaryl/α,β-unsaturated/α-hetero) is 1. The van der Waals surface area contributed by atoms with E-state index >= 15 is 4.79 Å². The molecule has 21 heteroatoms. The SMILES string of the molecule is C=C(O)[C@H]1O[C@H](OC[C@@H]2C[C@H](O)C(O[C@@H]3OC(CO)C[C@H](O)[C@H]3O)[C@H](O[C@H](CC[C@@H](C)C3CC[C@@]4(C)C5CC=C6C(CC[C@H](O[C@@H]7O[C@H](CO)C[C@H](O)[C@H]7O)C6(C)C)[C@]5(C)C(=O)C[C@]34C)C(C)(C)O)O2)[C@H](O)[C@@H](O)[C@@H]1O. The highest BCUT2D eigenvalue weighted by atomic mass is 16.8. The van der Waals surface area contributed by atoms with E-state index in [-0.39, 0.29) is 78.9 Å². The Labute approximate surface area is 446 Å². The van der Waals surface area contributed by atoms with E-state index in [0.29, 0.717) is 38.5 Å². The van der Waals surface area contributed by atoms with Crippen molar-refractivity contribution in [3.8, 4) is 0 Å². The van der Waals surface area contributed by atoms with Crippen molar-refractivity contribution in [3.05, 3.63) is 24.0 Å². The van der Waals surface area contributed by atoms with Crippen LogP contribution in [0.2, 0.25) is 0 Å². The first-order valence-corrected chi connectivity index (χ1v) is 27.7. The first-order chi connectivity index (χ1) is 35.5. The van der Waals surface area contributed by atoms with Crippen molar-refractivity contribution in [1.29, 1.82) is 0 Å². The minimum absolute atomic E-state index is 0.0223. The molecule has 3 saturated carbocycles. The zero-order valence-electron chi connectivity index (χ0n) is 45.5. The van der Waals surface area contributed by atoms with Gasteiger partial charge in [0.25, 0.3) is 0 Å². The molecule has 436 valence electrons. The normalized spacial score (nSPS) is 48.5. The fourth-order valence-electron chi connectivity index (χ4n) is 15.3. The molecule has 12 N–H and O–H groups in total. The number of aliphatic hydroxyl groups excluding tert-OH is 11. The second kappa shape index (κ2) is 22.9. The molecular formula is C55H90O21. The molecule has 26 atom stereocenters. The lowest BCUT2D eigenvalue weighted by Gasteiger charge is -2.65. The molecule has 4 saturated heterocycles. The fraction of sp³-hybridized carbons (Fsp3) is 0.909. The van der Waals surface area contributed by atoms with Crippen molar-refractivity contribution < 1.29 is 104 Å². The van der Waals surface area contributed by atoms with Crippen LogP contribution in [0.25, 0.3) is 0 Å². The van der Waals surface area contributed by atoms with Crippen molar-refractivity contribution in [1.82, 2.24) is 0 Å². The van der Waals surface area contributed by atoms with Gasteiger partial charge in [0.15, 0.2) is 25.2 Å². The van der Waals surface area contributed by atoms with E-state index in [1.807, 2.05) is 0 Å². The van der Waals surface area contributed by atoms with Crippen LogP contribution in [0, 0.1) is 45.3 Å². The van der Waals surface area contributed by atoms with E-state index in [1.54, 1.807) is 13.8 Å². The molecule has 21 nitrogen and oxygen atoms in total. The number of allylic oxidation sites excluding steroid dienone is 1. The highest BCUT2D eigenvalue weighted by molar-refractivity contribution is 5.88. The van der Waals surface area contributed by atoms with Crippen LogP contribution in [-0.4, -0.2) is 209 Å². The Morgan fingerprint density at radius 3 is 1.92 bits per heavy atom. The van der Waals surface area contributed by atoms with E-state index in [1.165, 1.54) is 5.57 Å². The van der Waals surface area contributed by atoms with Gasteiger partial charge in [0.1, 0.15) is 54.3 Å². The molecule has 0 aromatic heterocycles. The maximum absolute atomic E-state index is 15.2. The molecule has 4 aliphatic heterocycles. The van der Waals surface area contributed by atoms with E-state index in [9.17, 15) is 61.3 Å². The molecule has 0 amide bonds. The Kier molecular flexibility index (Phi) is 18.1. The van der Waals surface area contributed by atoms with Gasteiger partial charge in [-0.1, -0.05) is 59.8 Å².